The number of halogens is 1. The van der Waals surface area contributed by atoms with E-state index in [1.165, 1.54) is 0 Å². The van der Waals surface area contributed by atoms with Gasteiger partial charge in [-0.1, -0.05) is 41.4 Å². The van der Waals surface area contributed by atoms with Crippen molar-refractivity contribution < 1.29 is 9.90 Å². The van der Waals surface area contributed by atoms with Crippen LogP contribution in [0.5, 0.6) is 0 Å². The third kappa shape index (κ3) is 4.48. The second-order valence-corrected chi connectivity index (χ2v) is 5.04. The second kappa shape index (κ2) is 6.77. The lowest BCUT2D eigenvalue weighted by molar-refractivity contribution is -0.139. The van der Waals surface area contributed by atoms with Crippen LogP contribution in [-0.2, 0) is 4.79 Å². The van der Waals surface area contributed by atoms with Crippen LogP contribution in [0.1, 0.15) is 38.3 Å². The topological polar surface area (TPSA) is 49.3 Å². The summed E-state index contributed by atoms with van der Waals surface area (Å²) in [6.45, 7) is 3.97. The summed E-state index contributed by atoms with van der Waals surface area (Å²) < 4.78 is 1.01. The van der Waals surface area contributed by atoms with E-state index in [4.69, 9.17) is 5.11 Å². The molecule has 2 atom stereocenters. The highest BCUT2D eigenvalue weighted by Crippen LogP contribution is 2.18. The third-order valence-electron chi connectivity index (χ3n) is 2.68. The van der Waals surface area contributed by atoms with Crippen molar-refractivity contribution in [3.05, 3.63) is 34.3 Å². The molecule has 0 heterocycles. The molecule has 1 aromatic rings. The van der Waals surface area contributed by atoms with Crippen LogP contribution in [0.4, 0.5) is 0 Å². The van der Waals surface area contributed by atoms with Gasteiger partial charge < -0.3 is 5.11 Å². The molecule has 2 N–H and O–H groups in total. The zero-order valence-electron chi connectivity index (χ0n) is 10.1. The predicted octanol–water partition coefficient (Wildman–Crippen LogP) is 3.35. The van der Waals surface area contributed by atoms with E-state index in [1.807, 2.05) is 38.1 Å². The van der Waals surface area contributed by atoms with Gasteiger partial charge in [-0.05, 0) is 31.0 Å². The number of hydrogen-bond acceptors (Lipinski definition) is 2. The number of rotatable bonds is 6. The van der Waals surface area contributed by atoms with Gasteiger partial charge in [0.15, 0.2) is 0 Å². The van der Waals surface area contributed by atoms with E-state index in [0.29, 0.717) is 6.42 Å². The molecule has 17 heavy (non-hydrogen) atoms. The molecule has 4 heteroatoms. The van der Waals surface area contributed by atoms with Gasteiger partial charge in [0.25, 0.3) is 0 Å². The van der Waals surface area contributed by atoms with Crippen LogP contribution in [0, 0.1) is 0 Å². The fraction of sp³-hybridized carbons (Fsp3) is 0.462. The summed E-state index contributed by atoms with van der Waals surface area (Å²) in [5, 5.41) is 12.2. The summed E-state index contributed by atoms with van der Waals surface area (Å²) in [6.07, 6.45) is 1.50. The minimum Gasteiger partial charge on any atom is -0.480 e. The molecule has 0 aromatic heterocycles. The maximum Gasteiger partial charge on any atom is 0.320 e. The zero-order valence-corrected chi connectivity index (χ0v) is 11.7. The molecule has 0 saturated heterocycles. The van der Waals surface area contributed by atoms with E-state index >= 15 is 0 Å². The molecule has 0 bridgehead atoms. The standard InChI is InChI=1S/C13H18BrNO2/c1-3-5-12(13(16)17)15-9(2)10-6-4-7-11(14)8-10/h4,6-9,12,15H,3,5H2,1-2H3,(H,16,17)/t9-,12?/m1/s1. The predicted molar refractivity (Wildman–Crippen MR) is 72.0 cm³/mol. The van der Waals surface area contributed by atoms with Crippen molar-refractivity contribution >= 4 is 21.9 Å². The first kappa shape index (κ1) is 14.2. The maximum absolute atomic E-state index is 11.1. The van der Waals surface area contributed by atoms with Crippen molar-refractivity contribution in [3.63, 3.8) is 0 Å². The van der Waals surface area contributed by atoms with E-state index in [-0.39, 0.29) is 6.04 Å². The average molecular weight is 300 g/mol. The minimum absolute atomic E-state index is 0.0279. The molecule has 0 aliphatic rings. The molecule has 0 saturated carbocycles. The highest BCUT2D eigenvalue weighted by molar-refractivity contribution is 9.10. The Bertz CT molecular complexity index is 381. The molecule has 0 aliphatic carbocycles. The monoisotopic (exact) mass is 299 g/mol. The van der Waals surface area contributed by atoms with E-state index in [9.17, 15) is 4.79 Å². The summed E-state index contributed by atoms with van der Waals surface area (Å²) in [5.41, 5.74) is 1.08. The quantitative estimate of drug-likeness (QED) is 0.847. The van der Waals surface area contributed by atoms with Gasteiger partial charge in [-0.15, -0.1) is 0 Å². The summed E-state index contributed by atoms with van der Waals surface area (Å²) in [5.74, 6) is -0.784. The third-order valence-corrected chi connectivity index (χ3v) is 3.17. The summed E-state index contributed by atoms with van der Waals surface area (Å²) in [7, 11) is 0. The largest absolute Gasteiger partial charge is 0.480 e. The van der Waals surface area contributed by atoms with Crippen molar-refractivity contribution in [1.82, 2.24) is 5.32 Å². The van der Waals surface area contributed by atoms with Crippen molar-refractivity contribution in [2.24, 2.45) is 0 Å². The summed E-state index contributed by atoms with van der Waals surface area (Å²) >= 11 is 3.41. The van der Waals surface area contributed by atoms with Crippen LogP contribution < -0.4 is 5.32 Å². The summed E-state index contributed by atoms with van der Waals surface area (Å²) in [4.78, 5) is 11.1. The number of carboxylic acid groups (broad SMARTS) is 1. The molecule has 3 nitrogen and oxygen atoms in total. The number of nitrogens with one attached hydrogen (secondary N) is 1. The van der Waals surface area contributed by atoms with Crippen molar-refractivity contribution in [3.8, 4) is 0 Å². The van der Waals surface area contributed by atoms with Gasteiger partial charge in [-0.2, -0.15) is 0 Å². The van der Waals surface area contributed by atoms with Crippen molar-refractivity contribution in [2.75, 3.05) is 0 Å². The Morgan fingerprint density at radius 2 is 2.24 bits per heavy atom. The number of benzene rings is 1. The molecule has 0 amide bonds. The van der Waals surface area contributed by atoms with Gasteiger partial charge in [-0.3, -0.25) is 10.1 Å². The lowest BCUT2D eigenvalue weighted by atomic mass is 10.1. The van der Waals surface area contributed by atoms with E-state index in [0.717, 1.165) is 16.5 Å². The molecule has 0 fully saturated rings. The molecule has 0 radical (unpaired) electrons. The van der Waals surface area contributed by atoms with E-state index < -0.39 is 12.0 Å². The van der Waals surface area contributed by atoms with E-state index in [1.54, 1.807) is 0 Å². The number of aliphatic carboxylic acids is 1. The maximum atomic E-state index is 11.1. The highest BCUT2D eigenvalue weighted by atomic mass is 79.9. The Morgan fingerprint density at radius 1 is 1.53 bits per heavy atom. The van der Waals surface area contributed by atoms with Gasteiger partial charge in [0.2, 0.25) is 0 Å². The van der Waals surface area contributed by atoms with Gasteiger partial charge in [0, 0.05) is 10.5 Å². The normalized spacial score (nSPS) is 14.3. The van der Waals surface area contributed by atoms with Gasteiger partial charge >= 0.3 is 5.97 Å². The number of carbonyl (C=O) groups is 1. The zero-order chi connectivity index (χ0) is 12.8. The van der Waals surface area contributed by atoms with Crippen LogP contribution >= 0.6 is 15.9 Å². The van der Waals surface area contributed by atoms with Crippen LogP contribution in [0.15, 0.2) is 28.7 Å². The van der Waals surface area contributed by atoms with Gasteiger partial charge in [-0.25, -0.2) is 0 Å². The van der Waals surface area contributed by atoms with E-state index in [2.05, 4.69) is 21.2 Å². The van der Waals surface area contributed by atoms with Crippen molar-refractivity contribution in [1.29, 1.82) is 0 Å². The number of hydrogen-bond donors (Lipinski definition) is 2. The van der Waals surface area contributed by atoms with Crippen molar-refractivity contribution in [2.45, 2.75) is 38.8 Å². The fourth-order valence-electron chi connectivity index (χ4n) is 1.74. The Kier molecular flexibility index (Phi) is 5.65. The first-order chi connectivity index (χ1) is 8.04. The molecule has 0 spiro atoms. The SMILES string of the molecule is CCCC(N[C@H](C)c1cccc(Br)c1)C(=O)O. The molecule has 94 valence electrons. The Labute approximate surface area is 110 Å². The Balaban J connectivity index is 2.69. The van der Waals surface area contributed by atoms with Crippen LogP contribution in [0.2, 0.25) is 0 Å². The Hall–Kier alpha value is -0.870. The van der Waals surface area contributed by atoms with Crippen LogP contribution in [0.3, 0.4) is 0 Å². The Morgan fingerprint density at radius 3 is 2.76 bits per heavy atom. The number of carboxylic acids is 1. The van der Waals surface area contributed by atoms with Crippen LogP contribution in [-0.4, -0.2) is 17.1 Å². The highest BCUT2D eigenvalue weighted by Gasteiger charge is 2.19. The molecule has 1 unspecified atom stereocenters. The van der Waals surface area contributed by atoms with Gasteiger partial charge in [0.05, 0.1) is 0 Å². The molecule has 1 aromatic carbocycles. The molecular formula is C13H18BrNO2. The lowest BCUT2D eigenvalue weighted by Crippen LogP contribution is -2.38. The summed E-state index contributed by atoms with van der Waals surface area (Å²) in [6, 6.07) is 7.45. The molecule has 1 rings (SSSR count). The molecule has 0 aliphatic heterocycles. The fourth-order valence-corrected chi connectivity index (χ4v) is 2.16. The lowest BCUT2D eigenvalue weighted by Gasteiger charge is -2.20. The smallest absolute Gasteiger partial charge is 0.320 e. The molecular weight excluding hydrogens is 282 g/mol. The first-order valence-electron chi connectivity index (χ1n) is 5.79. The minimum atomic E-state index is -0.784. The van der Waals surface area contributed by atoms with Crippen LogP contribution in [0.25, 0.3) is 0 Å². The first-order valence-corrected chi connectivity index (χ1v) is 6.58. The van der Waals surface area contributed by atoms with Gasteiger partial charge in [0.1, 0.15) is 6.04 Å². The average Bonchev–Trinajstić information content (AvgIpc) is 2.28. The second-order valence-electron chi connectivity index (χ2n) is 4.12.